The van der Waals surface area contributed by atoms with E-state index in [0.29, 0.717) is 5.92 Å². The molecular formula is C16H23OP. The van der Waals surface area contributed by atoms with Crippen LogP contribution in [0.3, 0.4) is 0 Å². The molecule has 1 nitrogen and oxygen atoms in total. The van der Waals surface area contributed by atoms with Crippen LogP contribution in [0, 0.1) is 0 Å². The van der Waals surface area contributed by atoms with Crippen LogP contribution in [0.5, 0.6) is 0 Å². The Balaban J connectivity index is 0.000000659. The summed E-state index contributed by atoms with van der Waals surface area (Å²) in [6.45, 7) is 8.39. The van der Waals surface area contributed by atoms with E-state index in [1.807, 2.05) is 13.5 Å². The number of rotatable bonds is 2. The Kier molecular flexibility index (Phi) is 9.14. The van der Waals surface area contributed by atoms with Crippen LogP contribution in [0.1, 0.15) is 31.7 Å². The van der Waals surface area contributed by atoms with E-state index < -0.39 is 0 Å². The fourth-order valence-corrected chi connectivity index (χ4v) is 1.92. The number of benzene rings is 1. The number of carbonyl (C=O) groups is 1. The maximum absolute atomic E-state index is 8.00. The van der Waals surface area contributed by atoms with Crippen LogP contribution in [0.4, 0.5) is 0 Å². The van der Waals surface area contributed by atoms with E-state index in [1.54, 1.807) is 0 Å². The van der Waals surface area contributed by atoms with Gasteiger partial charge in [0, 0.05) is 5.92 Å². The van der Waals surface area contributed by atoms with Crippen molar-refractivity contribution >= 4 is 16.0 Å². The minimum atomic E-state index is 0.536. The second kappa shape index (κ2) is 9.79. The van der Waals surface area contributed by atoms with Gasteiger partial charge in [0.1, 0.15) is 6.79 Å². The zero-order chi connectivity index (χ0) is 14.0. The SMILES string of the molecule is C=O.CC1=CC(C(C)c2ccccc2)=CC1.CP. The molecule has 98 valence electrons. The molecular weight excluding hydrogens is 239 g/mol. The maximum atomic E-state index is 8.00. The predicted molar refractivity (Wildman–Crippen MR) is 84.1 cm³/mol. The van der Waals surface area contributed by atoms with Crippen molar-refractivity contribution in [3.05, 3.63) is 59.2 Å². The van der Waals surface area contributed by atoms with Crippen molar-refractivity contribution < 1.29 is 4.79 Å². The van der Waals surface area contributed by atoms with E-state index in [4.69, 9.17) is 4.79 Å². The van der Waals surface area contributed by atoms with E-state index in [9.17, 15) is 0 Å². The Hall–Kier alpha value is -1.20. The van der Waals surface area contributed by atoms with Gasteiger partial charge < -0.3 is 4.79 Å². The van der Waals surface area contributed by atoms with Crippen molar-refractivity contribution in [1.82, 2.24) is 0 Å². The Morgan fingerprint density at radius 1 is 1.17 bits per heavy atom. The van der Waals surface area contributed by atoms with Gasteiger partial charge in [-0.15, -0.1) is 9.24 Å². The summed E-state index contributed by atoms with van der Waals surface area (Å²) in [6, 6.07) is 10.7. The van der Waals surface area contributed by atoms with Crippen LogP contribution >= 0.6 is 9.24 Å². The molecule has 0 saturated carbocycles. The second-order valence-electron chi connectivity index (χ2n) is 4.03. The van der Waals surface area contributed by atoms with Crippen LogP contribution in [0.25, 0.3) is 0 Å². The lowest BCUT2D eigenvalue weighted by atomic mass is 9.94. The molecule has 2 heteroatoms. The van der Waals surface area contributed by atoms with Gasteiger partial charge in [0.25, 0.3) is 0 Å². The van der Waals surface area contributed by atoms with E-state index in [0.717, 1.165) is 6.42 Å². The molecule has 0 spiro atoms. The molecule has 1 aromatic carbocycles. The summed E-state index contributed by atoms with van der Waals surface area (Å²) in [5, 5.41) is 0. The Morgan fingerprint density at radius 3 is 2.17 bits per heavy atom. The molecule has 2 rings (SSSR count). The normalized spacial score (nSPS) is 14.2. The summed E-state index contributed by atoms with van der Waals surface area (Å²) in [7, 11) is 2.42. The minimum Gasteiger partial charge on any atom is -0.307 e. The van der Waals surface area contributed by atoms with Crippen LogP contribution < -0.4 is 0 Å². The smallest absolute Gasteiger partial charge is 0.106 e. The van der Waals surface area contributed by atoms with E-state index in [1.165, 1.54) is 16.7 Å². The lowest BCUT2D eigenvalue weighted by molar-refractivity contribution is -0.0979. The van der Waals surface area contributed by atoms with Gasteiger partial charge in [-0.2, -0.15) is 0 Å². The largest absolute Gasteiger partial charge is 0.307 e. The second-order valence-corrected chi connectivity index (χ2v) is 4.03. The van der Waals surface area contributed by atoms with Crippen molar-refractivity contribution in [3.63, 3.8) is 0 Å². The zero-order valence-electron chi connectivity index (χ0n) is 11.5. The van der Waals surface area contributed by atoms with Gasteiger partial charge in [0.05, 0.1) is 0 Å². The molecule has 2 unspecified atom stereocenters. The van der Waals surface area contributed by atoms with Gasteiger partial charge in [-0.25, -0.2) is 0 Å². The predicted octanol–water partition coefficient (Wildman–Crippen LogP) is 4.37. The first kappa shape index (κ1) is 16.8. The highest BCUT2D eigenvalue weighted by molar-refractivity contribution is 7.15. The molecule has 0 radical (unpaired) electrons. The van der Waals surface area contributed by atoms with Crippen LogP contribution in [-0.2, 0) is 4.79 Å². The van der Waals surface area contributed by atoms with Gasteiger partial charge in [-0.3, -0.25) is 0 Å². The minimum absolute atomic E-state index is 0.536. The lowest BCUT2D eigenvalue weighted by Crippen LogP contribution is -1.94. The van der Waals surface area contributed by atoms with Gasteiger partial charge in [0.15, 0.2) is 0 Å². The summed E-state index contributed by atoms with van der Waals surface area (Å²) in [5.41, 5.74) is 4.35. The van der Waals surface area contributed by atoms with Crippen molar-refractivity contribution in [2.45, 2.75) is 26.2 Å². The molecule has 1 aromatic rings. The average molecular weight is 262 g/mol. The summed E-state index contributed by atoms with van der Waals surface area (Å²) in [5.74, 6) is 0.536. The number of carbonyl (C=O) groups excluding carboxylic acids is 1. The highest BCUT2D eigenvalue weighted by Crippen LogP contribution is 2.30. The molecule has 1 aliphatic rings. The summed E-state index contributed by atoms with van der Waals surface area (Å²) < 4.78 is 0. The maximum Gasteiger partial charge on any atom is 0.106 e. The van der Waals surface area contributed by atoms with Gasteiger partial charge in [0.2, 0.25) is 0 Å². The van der Waals surface area contributed by atoms with Gasteiger partial charge in [-0.1, -0.05) is 61.6 Å². The van der Waals surface area contributed by atoms with Crippen molar-refractivity contribution in [3.8, 4) is 0 Å². The van der Waals surface area contributed by atoms with Gasteiger partial charge in [-0.05, 0) is 24.5 Å². The third-order valence-corrected chi connectivity index (χ3v) is 2.87. The molecule has 0 bridgehead atoms. The number of hydrogen-bond acceptors (Lipinski definition) is 1. The van der Waals surface area contributed by atoms with E-state index >= 15 is 0 Å². The monoisotopic (exact) mass is 262 g/mol. The Morgan fingerprint density at radius 2 is 1.72 bits per heavy atom. The average Bonchev–Trinajstić information content (AvgIpc) is 2.90. The van der Waals surface area contributed by atoms with Crippen LogP contribution in [-0.4, -0.2) is 13.5 Å². The molecule has 0 aromatic heterocycles. The molecule has 2 atom stereocenters. The highest BCUT2D eigenvalue weighted by atomic mass is 31.0. The van der Waals surface area contributed by atoms with E-state index in [-0.39, 0.29) is 0 Å². The lowest BCUT2D eigenvalue weighted by Gasteiger charge is -2.11. The third kappa shape index (κ3) is 4.98. The van der Waals surface area contributed by atoms with Crippen molar-refractivity contribution in [2.24, 2.45) is 0 Å². The summed E-state index contributed by atoms with van der Waals surface area (Å²) >= 11 is 0. The quantitative estimate of drug-likeness (QED) is 0.723. The molecule has 0 fully saturated rings. The van der Waals surface area contributed by atoms with Crippen molar-refractivity contribution in [2.75, 3.05) is 6.66 Å². The Bertz CT molecular complexity index is 393. The van der Waals surface area contributed by atoms with Crippen molar-refractivity contribution in [1.29, 1.82) is 0 Å². The first-order valence-electron chi connectivity index (χ1n) is 6.06. The third-order valence-electron chi connectivity index (χ3n) is 2.87. The molecule has 0 saturated heterocycles. The fourth-order valence-electron chi connectivity index (χ4n) is 1.92. The molecule has 1 aliphatic carbocycles. The Labute approximate surface area is 113 Å². The first-order chi connectivity index (χ1) is 8.77. The van der Waals surface area contributed by atoms with E-state index in [2.05, 4.69) is 65.6 Å². The zero-order valence-corrected chi connectivity index (χ0v) is 12.7. The molecule has 0 N–H and O–H groups in total. The summed E-state index contributed by atoms with van der Waals surface area (Å²) in [4.78, 5) is 8.00. The molecule has 18 heavy (non-hydrogen) atoms. The standard InChI is InChI=1S/C14H16.CH2O.CH5P/c1-11-8-9-14(10-11)12(2)13-6-4-3-5-7-13;2*1-2/h3-7,9-10,12H,8H2,1-2H3;1H2;2H2,1H3. The number of allylic oxidation sites excluding steroid dienone is 4. The number of hydrogen-bond donors (Lipinski definition) is 0. The van der Waals surface area contributed by atoms with Gasteiger partial charge >= 0.3 is 0 Å². The topological polar surface area (TPSA) is 17.1 Å². The molecule has 0 heterocycles. The molecule has 0 aliphatic heterocycles. The first-order valence-corrected chi connectivity index (χ1v) is 7.21. The molecule has 0 amide bonds. The highest BCUT2D eigenvalue weighted by Gasteiger charge is 2.12. The fraction of sp³-hybridized carbons (Fsp3) is 0.312. The van der Waals surface area contributed by atoms with Crippen LogP contribution in [0.15, 0.2) is 53.6 Å². The summed E-state index contributed by atoms with van der Waals surface area (Å²) in [6.07, 6.45) is 5.79. The van der Waals surface area contributed by atoms with Crippen LogP contribution in [0.2, 0.25) is 0 Å².